The lowest BCUT2D eigenvalue weighted by atomic mass is 10.1. The fraction of sp³-hybridized carbons (Fsp3) is 0.250. The van der Waals surface area contributed by atoms with Gasteiger partial charge in [0.15, 0.2) is 5.69 Å². The van der Waals surface area contributed by atoms with Gasteiger partial charge in [-0.1, -0.05) is 35.9 Å². The number of nitrogens with zero attached hydrogens (tertiary/aromatic N) is 3. The molecule has 0 atom stereocenters. The smallest absolute Gasteiger partial charge is 0.274 e. The van der Waals surface area contributed by atoms with Crippen LogP contribution in [0.5, 0.6) is 0 Å². The Morgan fingerprint density at radius 1 is 1.07 bits per heavy atom. The van der Waals surface area contributed by atoms with Gasteiger partial charge in [-0.3, -0.25) is 9.52 Å². The number of aromatic nitrogens is 3. The number of hydrogen-bond acceptors (Lipinski definition) is 5. The van der Waals surface area contributed by atoms with E-state index in [9.17, 15) is 13.2 Å². The van der Waals surface area contributed by atoms with Gasteiger partial charge in [-0.15, -0.1) is 5.10 Å². The molecular formula is C20H23N5O3S. The zero-order chi connectivity index (χ0) is 21.2. The summed E-state index contributed by atoms with van der Waals surface area (Å²) >= 11 is 0. The number of para-hydroxylation sites is 1. The number of anilines is 1. The summed E-state index contributed by atoms with van der Waals surface area (Å²) in [6.07, 6.45) is 1.08. The van der Waals surface area contributed by atoms with Gasteiger partial charge in [-0.05, 0) is 44.0 Å². The van der Waals surface area contributed by atoms with Crippen molar-refractivity contribution in [2.75, 3.05) is 11.0 Å². The minimum Gasteiger partial charge on any atom is -0.346 e. The number of carbonyl (C=O) groups excluding carboxylic acids is 1. The van der Waals surface area contributed by atoms with Gasteiger partial charge < -0.3 is 5.32 Å². The van der Waals surface area contributed by atoms with Crippen LogP contribution in [-0.4, -0.2) is 35.6 Å². The first kappa shape index (κ1) is 20.5. The molecule has 0 aliphatic heterocycles. The topological polar surface area (TPSA) is 106 Å². The molecule has 0 bridgehead atoms. The molecule has 0 unspecified atom stereocenters. The van der Waals surface area contributed by atoms with Crippen molar-refractivity contribution >= 4 is 21.6 Å². The van der Waals surface area contributed by atoms with Crippen molar-refractivity contribution in [1.29, 1.82) is 0 Å². The highest BCUT2D eigenvalue weighted by molar-refractivity contribution is 7.92. The standard InChI is InChI=1S/C20H23N5O3S/c1-13-9-10-18(14(2)11-13)25-22-15(3)19(23-25)20(26)21-12-16-7-5-6-8-17(16)24-29(4,27)28/h5-11,24H,12H2,1-4H3,(H,21,26). The number of benzene rings is 2. The zero-order valence-corrected chi connectivity index (χ0v) is 17.5. The van der Waals surface area contributed by atoms with E-state index in [4.69, 9.17) is 0 Å². The minimum atomic E-state index is -3.42. The maximum Gasteiger partial charge on any atom is 0.274 e. The molecule has 2 N–H and O–H groups in total. The van der Waals surface area contributed by atoms with Gasteiger partial charge in [0.2, 0.25) is 10.0 Å². The Morgan fingerprint density at radius 2 is 1.79 bits per heavy atom. The molecule has 0 saturated heterocycles. The molecule has 0 fully saturated rings. The average molecular weight is 414 g/mol. The summed E-state index contributed by atoms with van der Waals surface area (Å²) in [4.78, 5) is 14.1. The molecule has 29 heavy (non-hydrogen) atoms. The second-order valence-electron chi connectivity index (χ2n) is 6.93. The van der Waals surface area contributed by atoms with Gasteiger partial charge in [0.25, 0.3) is 5.91 Å². The number of aryl methyl sites for hydroxylation is 3. The third-order valence-electron chi connectivity index (χ3n) is 4.32. The molecule has 9 heteroatoms. The van der Waals surface area contributed by atoms with Gasteiger partial charge in [-0.25, -0.2) is 8.42 Å². The number of amides is 1. The lowest BCUT2D eigenvalue weighted by molar-refractivity contribution is 0.0945. The SMILES string of the molecule is Cc1ccc(-n2nc(C)c(C(=O)NCc3ccccc3NS(C)(=O)=O)n2)c(C)c1. The van der Waals surface area contributed by atoms with Crippen molar-refractivity contribution in [1.82, 2.24) is 20.3 Å². The van der Waals surface area contributed by atoms with Crippen LogP contribution >= 0.6 is 0 Å². The van der Waals surface area contributed by atoms with Gasteiger partial charge in [0.05, 0.1) is 23.3 Å². The van der Waals surface area contributed by atoms with Crippen LogP contribution in [0.25, 0.3) is 5.69 Å². The molecule has 0 spiro atoms. The van der Waals surface area contributed by atoms with Gasteiger partial charge in [-0.2, -0.15) is 9.90 Å². The summed E-state index contributed by atoms with van der Waals surface area (Å²) in [6.45, 7) is 5.84. The van der Waals surface area contributed by atoms with Crippen molar-refractivity contribution in [3.05, 3.63) is 70.5 Å². The van der Waals surface area contributed by atoms with Crippen molar-refractivity contribution in [2.24, 2.45) is 0 Å². The largest absolute Gasteiger partial charge is 0.346 e. The first-order valence-corrected chi connectivity index (χ1v) is 10.9. The molecule has 8 nitrogen and oxygen atoms in total. The maximum absolute atomic E-state index is 12.7. The summed E-state index contributed by atoms with van der Waals surface area (Å²) in [5, 5.41) is 11.5. The fourth-order valence-corrected chi connectivity index (χ4v) is 3.56. The highest BCUT2D eigenvalue weighted by Gasteiger charge is 2.17. The predicted molar refractivity (Wildman–Crippen MR) is 112 cm³/mol. The second-order valence-corrected chi connectivity index (χ2v) is 8.68. The molecule has 1 heterocycles. The van der Waals surface area contributed by atoms with Crippen molar-refractivity contribution in [3.63, 3.8) is 0 Å². The fourth-order valence-electron chi connectivity index (χ4n) is 2.96. The number of sulfonamides is 1. The monoisotopic (exact) mass is 413 g/mol. The van der Waals surface area contributed by atoms with E-state index in [1.165, 1.54) is 4.80 Å². The molecule has 3 rings (SSSR count). The quantitative estimate of drug-likeness (QED) is 0.646. The highest BCUT2D eigenvalue weighted by atomic mass is 32.2. The Balaban J connectivity index is 1.78. The van der Waals surface area contributed by atoms with Crippen LogP contribution in [0.4, 0.5) is 5.69 Å². The molecule has 1 aromatic heterocycles. The number of rotatable bonds is 6. The van der Waals surface area contributed by atoms with Crippen molar-refractivity contribution in [2.45, 2.75) is 27.3 Å². The van der Waals surface area contributed by atoms with Gasteiger partial charge in [0.1, 0.15) is 0 Å². The summed E-state index contributed by atoms with van der Waals surface area (Å²) in [5.41, 5.74) is 4.74. The van der Waals surface area contributed by atoms with Crippen LogP contribution in [0.1, 0.15) is 32.9 Å². The Bertz CT molecular complexity index is 1170. The van der Waals surface area contributed by atoms with E-state index >= 15 is 0 Å². The summed E-state index contributed by atoms with van der Waals surface area (Å²) in [6, 6.07) is 12.8. The first-order chi connectivity index (χ1) is 13.6. The van der Waals surface area contributed by atoms with Crippen LogP contribution in [0, 0.1) is 20.8 Å². The molecule has 3 aromatic rings. The summed E-state index contributed by atoms with van der Waals surface area (Å²) < 4.78 is 25.5. The zero-order valence-electron chi connectivity index (χ0n) is 16.7. The Hall–Kier alpha value is -3.20. The third-order valence-corrected chi connectivity index (χ3v) is 4.91. The molecule has 0 saturated carbocycles. The van der Waals surface area contributed by atoms with Crippen LogP contribution in [-0.2, 0) is 16.6 Å². The molecule has 0 aliphatic carbocycles. The Morgan fingerprint density at radius 3 is 2.48 bits per heavy atom. The van der Waals surface area contributed by atoms with E-state index < -0.39 is 10.0 Å². The van der Waals surface area contributed by atoms with Crippen molar-refractivity contribution in [3.8, 4) is 5.69 Å². The van der Waals surface area contributed by atoms with Crippen LogP contribution < -0.4 is 10.0 Å². The Kier molecular flexibility index (Phi) is 5.69. The van der Waals surface area contributed by atoms with E-state index in [0.29, 0.717) is 16.9 Å². The van der Waals surface area contributed by atoms with E-state index in [2.05, 4.69) is 20.2 Å². The van der Waals surface area contributed by atoms with Gasteiger partial charge >= 0.3 is 0 Å². The maximum atomic E-state index is 12.7. The average Bonchev–Trinajstić information content (AvgIpc) is 3.01. The molecule has 0 aliphatic rings. The lowest BCUT2D eigenvalue weighted by Gasteiger charge is -2.11. The van der Waals surface area contributed by atoms with Crippen LogP contribution in [0.2, 0.25) is 0 Å². The van der Waals surface area contributed by atoms with Crippen molar-refractivity contribution < 1.29 is 13.2 Å². The second kappa shape index (κ2) is 8.04. The van der Waals surface area contributed by atoms with Crippen LogP contribution in [0.3, 0.4) is 0 Å². The van der Waals surface area contributed by atoms with Crippen LogP contribution in [0.15, 0.2) is 42.5 Å². The van der Waals surface area contributed by atoms with E-state index in [0.717, 1.165) is 23.1 Å². The summed E-state index contributed by atoms with van der Waals surface area (Å²) in [7, 11) is -3.42. The van der Waals surface area contributed by atoms with Gasteiger partial charge in [0, 0.05) is 6.54 Å². The molecule has 2 aromatic carbocycles. The number of carbonyl (C=O) groups is 1. The van der Waals surface area contributed by atoms with E-state index in [1.807, 2.05) is 32.0 Å². The predicted octanol–water partition coefficient (Wildman–Crippen LogP) is 2.49. The Labute approximate surface area is 170 Å². The molecule has 152 valence electrons. The molecule has 1 amide bonds. The van der Waals surface area contributed by atoms with E-state index in [1.54, 1.807) is 31.2 Å². The highest BCUT2D eigenvalue weighted by Crippen LogP contribution is 2.17. The molecular weight excluding hydrogens is 390 g/mol. The number of hydrogen-bond donors (Lipinski definition) is 2. The first-order valence-electron chi connectivity index (χ1n) is 8.99. The number of nitrogens with one attached hydrogen (secondary N) is 2. The van der Waals surface area contributed by atoms with E-state index in [-0.39, 0.29) is 18.1 Å². The third kappa shape index (κ3) is 5.00. The minimum absolute atomic E-state index is 0.146. The normalized spacial score (nSPS) is 11.3. The molecule has 0 radical (unpaired) electrons. The lowest BCUT2D eigenvalue weighted by Crippen LogP contribution is -2.25. The summed E-state index contributed by atoms with van der Waals surface area (Å²) in [5.74, 6) is -0.382.